The number of nitrogens with zero attached hydrogens (tertiary/aromatic N) is 3. The van der Waals surface area contributed by atoms with Crippen molar-refractivity contribution < 1.29 is 23.5 Å². The molecule has 150 valence electrons. The van der Waals surface area contributed by atoms with E-state index in [4.69, 9.17) is 9.15 Å². The lowest BCUT2D eigenvalue weighted by Gasteiger charge is -2.18. The van der Waals surface area contributed by atoms with E-state index in [2.05, 4.69) is 10.4 Å². The number of aromatic nitrogens is 2. The highest BCUT2D eigenvalue weighted by molar-refractivity contribution is 5.95. The number of nitrogens with one attached hydrogen (secondary N) is 1. The van der Waals surface area contributed by atoms with Crippen molar-refractivity contribution in [3.05, 3.63) is 36.4 Å². The first kappa shape index (κ1) is 19.7. The molecule has 28 heavy (non-hydrogen) atoms. The number of anilines is 1. The zero-order valence-electron chi connectivity index (χ0n) is 16.1. The van der Waals surface area contributed by atoms with Crippen molar-refractivity contribution in [2.24, 2.45) is 5.92 Å². The molecule has 0 bridgehead atoms. The van der Waals surface area contributed by atoms with Gasteiger partial charge in [-0.2, -0.15) is 5.10 Å². The van der Waals surface area contributed by atoms with Crippen LogP contribution in [0, 0.1) is 5.92 Å². The molecule has 2 atom stereocenters. The maximum atomic E-state index is 12.4. The van der Waals surface area contributed by atoms with E-state index in [0.29, 0.717) is 18.1 Å². The largest absolute Gasteiger partial charge is 0.467 e. The van der Waals surface area contributed by atoms with Crippen LogP contribution < -0.4 is 5.32 Å². The standard InChI is InChI=1S/C19H24N4O5/c1-12(2)23-16(6-7-20-23)21-18(25)13(3)28-19(26)14-9-17(24)22(10-14)11-15-5-4-8-27-15/h4-8,12-14H,9-11H2,1-3H3,(H,21,25)/t13-,14-/m0/s1. The quantitative estimate of drug-likeness (QED) is 0.727. The molecule has 3 heterocycles. The molecule has 9 nitrogen and oxygen atoms in total. The Morgan fingerprint density at radius 3 is 2.82 bits per heavy atom. The Labute approximate surface area is 162 Å². The lowest BCUT2D eigenvalue weighted by molar-refractivity contribution is -0.157. The lowest BCUT2D eigenvalue weighted by atomic mass is 10.1. The van der Waals surface area contributed by atoms with Crippen LogP contribution in [0.4, 0.5) is 5.82 Å². The molecule has 0 saturated carbocycles. The van der Waals surface area contributed by atoms with Crippen LogP contribution in [-0.2, 0) is 25.7 Å². The van der Waals surface area contributed by atoms with Crippen LogP contribution >= 0.6 is 0 Å². The number of likely N-dealkylation sites (tertiary alicyclic amines) is 1. The summed E-state index contributed by atoms with van der Waals surface area (Å²) in [5, 5.41) is 6.85. The number of amides is 2. The van der Waals surface area contributed by atoms with Gasteiger partial charge < -0.3 is 19.4 Å². The predicted molar refractivity (Wildman–Crippen MR) is 99.0 cm³/mol. The zero-order valence-corrected chi connectivity index (χ0v) is 16.1. The smallest absolute Gasteiger partial charge is 0.312 e. The molecule has 1 N–H and O–H groups in total. The minimum atomic E-state index is -0.989. The molecule has 1 aliphatic rings. The SMILES string of the molecule is CC(C)n1nccc1NC(=O)[C@H](C)OC(=O)[C@H]1CC(=O)N(Cc2ccco2)C1. The number of rotatable bonds is 7. The third-order valence-corrected chi connectivity index (χ3v) is 4.55. The number of hydrogen-bond donors (Lipinski definition) is 1. The maximum Gasteiger partial charge on any atom is 0.312 e. The van der Waals surface area contributed by atoms with Gasteiger partial charge in [0, 0.05) is 25.1 Å². The van der Waals surface area contributed by atoms with E-state index in [0.717, 1.165) is 0 Å². The summed E-state index contributed by atoms with van der Waals surface area (Å²) in [6, 6.07) is 5.27. The van der Waals surface area contributed by atoms with Gasteiger partial charge in [-0.15, -0.1) is 0 Å². The molecule has 1 aliphatic heterocycles. The molecule has 2 aromatic heterocycles. The normalized spacial score (nSPS) is 17.8. The molecule has 3 rings (SSSR count). The Morgan fingerprint density at radius 1 is 1.36 bits per heavy atom. The highest BCUT2D eigenvalue weighted by Crippen LogP contribution is 2.22. The van der Waals surface area contributed by atoms with Gasteiger partial charge in [-0.05, 0) is 32.9 Å². The molecule has 0 aromatic carbocycles. The van der Waals surface area contributed by atoms with Crippen molar-refractivity contribution in [1.82, 2.24) is 14.7 Å². The summed E-state index contributed by atoms with van der Waals surface area (Å²) >= 11 is 0. The van der Waals surface area contributed by atoms with E-state index in [1.54, 1.807) is 34.0 Å². The summed E-state index contributed by atoms with van der Waals surface area (Å²) in [4.78, 5) is 38.5. The first-order valence-electron chi connectivity index (χ1n) is 9.20. The fourth-order valence-corrected chi connectivity index (χ4v) is 3.05. The molecule has 9 heteroatoms. The highest BCUT2D eigenvalue weighted by Gasteiger charge is 2.37. The van der Waals surface area contributed by atoms with E-state index in [9.17, 15) is 14.4 Å². The zero-order chi connectivity index (χ0) is 20.3. The number of furan rings is 1. The van der Waals surface area contributed by atoms with Gasteiger partial charge in [-0.3, -0.25) is 14.4 Å². The van der Waals surface area contributed by atoms with Crippen LogP contribution in [0.3, 0.4) is 0 Å². The van der Waals surface area contributed by atoms with Crippen molar-refractivity contribution in [1.29, 1.82) is 0 Å². The Morgan fingerprint density at radius 2 is 2.14 bits per heavy atom. The minimum absolute atomic E-state index is 0.0635. The van der Waals surface area contributed by atoms with E-state index in [1.807, 2.05) is 13.8 Å². The Hall–Kier alpha value is -3.10. The second-order valence-electron chi connectivity index (χ2n) is 7.08. The Balaban J connectivity index is 1.53. The Bertz CT molecular complexity index is 842. The number of esters is 1. The van der Waals surface area contributed by atoms with Gasteiger partial charge in [0.1, 0.15) is 11.6 Å². The lowest BCUT2D eigenvalue weighted by Crippen LogP contribution is -2.33. The van der Waals surface area contributed by atoms with E-state index < -0.39 is 23.9 Å². The first-order chi connectivity index (χ1) is 13.3. The molecule has 1 saturated heterocycles. The molecule has 2 amide bonds. The van der Waals surface area contributed by atoms with Gasteiger partial charge in [-0.25, -0.2) is 4.68 Å². The van der Waals surface area contributed by atoms with Crippen LogP contribution in [0.1, 0.15) is 39.0 Å². The monoisotopic (exact) mass is 388 g/mol. The van der Waals surface area contributed by atoms with Crippen LogP contribution in [0.5, 0.6) is 0 Å². The summed E-state index contributed by atoms with van der Waals surface area (Å²) in [6.07, 6.45) is 2.20. The molecule has 2 aromatic rings. The molecule has 0 spiro atoms. The summed E-state index contributed by atoms with van der Waals surface area (Å²) in [6.45, 7) is 5.94. The van der Waals surface area contributed by atoms with E-state index in [1.165, 1.54) is 13.2 Å². The molecule has 0 aliphatic carbocycles. The predicted octanol–water partition coefficient (Wildman–Crippen LogP) is 1.98. The maximum absolute atomic E-state index is 12.4. The number of carbonyl (C=O) groups is 3. The van der Waals surface area contributed by atoms with Crippen molar-refractivity contribution in [2.45, 2.75) is 45.9 Å². The van der Waals surface area contributed by atoms with E-state index in [-0.39, 0.29) is 24.9 Å². The number of ether oxygens (including phenoxy) is 1. The van der Waals surface area contributed by atoms with Gasteiger partial charge in [0.15, 0.2) is 6.10 Å². The summed E-state index contributed by atoms with van der Waals surface area (Å²) in [5.74, 6) is -0.571. The van der Waals surface area contributed by atoms with Gasteiger partial charge in [0.25, 0.3) is 5.91 Å². The minimum Gasteiger partial charge on any atom is -0.467 e. The van der Waals surface area contributed by atoms with Gasteiger partial charge in [0.05, 0.1) is 24.9 Å². The highest BCUT2D eigenvalue weighted by atomic mass is 16.5. The molecule has 0 unspecified atom stereocenters. The van der Waals surface area contributed by atoms with Crippen molar-refractivity contribution >= 4 is 23.6 Å². The fourth-order valence-electron chi connectivity index (χ4n) is 3.05. The van der Waals surface area contributed by atoms with Gasteiger partial charge >= 0.3 is 5.97 Å². The summed E-state index contributed by atoms with van der Waals surface area (Å²) in [7, 11) is 0. The average molecular weight is 388 g/mol. The van der Waals surface area contributed by atoms with Crippen LogP contribution in [-0.4, -0.2) is 45.1 Å². The van der Waals surface area contributed by atoms with Crippen LogP contribution in [0.15, 0.2) is 35.1 Å². The number of hydrogen-bond acceptors (Lipinski definition) is 6. The second-order valence-corrected chi connectivity index (χ2v) is 7.08. The van der Waals surface area contributed by atoms with Crippen molar-refractivity contribution in [3.8, 4) is 0 Å². The van der Waals surface area contributed by atoms with Gasteiger partial charge in [0.2, 0.25) is 5.91 Å². The number of carbonyl (C=O) groups excluding carboxylic acids is 3. The molecule has 1 fully saturated rings. The molecular formula is C19H24N4O5. The average Bonchev–Trinajstić information content (AvgIpc) is 3.37. The first-order valence-corrected chi connectivity index (χ1v) is 9.20. The molecule has 0 radical (unpaired) electrons. The second kappa shape index (κ2) is 8.28. The summed E-state index contributed by atoms with van der Waals surface area (Å²) in [5.41, 5.74) is 0. The van der Waals surface area contributed by atoms with Crippen molar-refractivity contribution in [3.63, 3.8) is 0 Å². The van der Waals surface area contributed by atoms with Crippen LogP contribution in [0.2, 0.25) is 0 Å². The topological polar surface area (TPSA) is 107 Å². The van der Waals surface area contributed by atoms with Crippen molar-refractivity contribution in [2.75, 3.05) is 11.9 Å². The van der Waals surface area contributed by atoms with E-state index >= 15 is 0 Å². The molecular weight excluding hydrogens is 364 g/mol. The summed E-state index contributed by atoms with van der Waals surface area (Å²) < 4.78 is 12.2. The van der Waals surface area contributed by atoms with Gasteiger partial charge in [-0.1, -0.05) is 0 Å². The third kappa shape index (κ3) is 4.41. The fraction of sp³-hybridized carbons (Fsp3) is 0.474. The Kier molecular flexibility index (Phi) is 5.81. The van der Waals surface area contributed by atoms with Crippen LogP contribution in [0.25, 0.3) is 0 Å². The third-order valence-electron chi connectivity index (χ3n) is 4.55.